The summed E-state index contributed by atoms with van der Waals surface area (Å²) < 4.78 is 16.6. The van der Waals surface area contributed by atoms with Crippen LogP contribution in [0.2, 0.25) is 0 Å². The number of hydrogen-bond acceptors (Lipinski definition) is 6. The van der Waals surface area contributed by atoms with Crippen LogP contribution in [0.15, 0.2) is 158 Å². The van der Waals surface area contributed by atoms with E-state index in [1.54, 1.807) is 0 Å². The molecular formula is C57H84O6. The molecule has 0 bridgehead atoms. The van der Waals surface area contributed by atoms with E-state index in [-0.39, 0.29) is 44.4 Å². The highest BCUT2D eigenvalue weighted by atomic mass is 16.6. The normalized spacial score (nSPS) is 13.5. The predicted octanol–water partition coefficient (Wildman–Crippen LogP) is 15.9. The van der Waals surface area contributed by atoms with Gasteiger partial charge >= 0.3 is 17.9 Å². The molecule has 0 saturated heterocycles. The molecule has 1 unspecified atom stereocenters. The first-order valence-corrected chi connectivity index (χ1v) is 24.0. The van der Waals surface area contributed by atoms with E-state index in [0.717, 1.165) is 103 Å². The molecule has 0 aromatic heterocycles. The zero-order chi connectivity index (χ0) is 45.8. The zero-order valence-corrected chi connectivity index (χ0v) is 39.5. The van der Waals surface area contributed by atoms with Crippen LogP contribution in [0.1, 0.15) is 162 Å². The van der Waals surface area contributed by atoms with Crippen molar-refractivity contribution in [3.05, 3.63) is 158 Å². The molecule has 0 aliphatic carbocycles. The Morgan fingerprint density at radius 1 is 0.317 bits per heavy atom. The van der Waals surface area contributed by atoms with Crippen molar-refractivity contribution in [3.8, 4) is 0 Å². The fourth-order valence-corrected chi connectivity index (χ4v) is 5.54. The first kappa shape index (κ1) is 58.0. The Morgan fingerprint density at radius 2 is 0.603 bits per heavy atom. The molecule has 0 N–H and O–H groups in total. The van der Waals surface area contributed by atoms with Gasteiger partial charge in [-0.25, -0.2) is 0 Å². The molecule has 0 aliphatic heterocycles. The van der Waals surface area contributed by atoms with E-state index in [1.807, 2.05) is 12.2 Å². The van der Waals surface area contributed by atoms with Crippen LogP contribution in [0.3, 0.4) is 0 Å². The molecule has 6 nitrogen and oxygen atoms in total. The van der Waals surface area contributed by atoms with Crippen molar-refractivity contribution in [1.82, 2.24) is 0 Å². The first-order chi connectivity index (χ1) is 31.0. The molecule has 0 spiro atoms. The van der Waals surface area contributed by atoms with E-state index in [4.69, 9.17) is 14.2 Å². The van der Waals surface area contributed by atoms with Crippen molar-refractivity contribution >= 4 is 17.9 Å². The Morgan fingerprint density at radius 3 is 0.952 bits per heavy atom. The number of rotatable bonds is 40. The van der Waals surface area contributed by atoms with Crippen molar-refractivity contribution in [1.29, 1.82) is 0 Å². The number of unbranched alkanes of at least 4 members (excludes halogenated alkanes) is 3. The molecule has 1 atom stereocenters. The lowest BCUT2D eigenvalue weighted by Crippen LogP contribution is -2.30. The maximum atomic E-state index is 12.7. The molecule has 348 valence electrons. The van der Waals surface area contributed by atoms with Crippen LogP contribution in [0.4, 0.5) is 0 Å². The van der Waals surface area contributed by atoms with E-state index in [2.05, 4.69) is 167 Å². The lowest BCUT2D eigenvalue weighted by Gasteiger charge is -2.18. The van der Waals surface area contributed by atoms with Crippen molar-refractivity contribution < 1.29 is 28.6 Å². The Kier molecular flexibility index (Phi) is 45.8. The molecule has 0 aliphatic rings. The lowest BCUT2D eigenvalue weighted by atomic mass is 10.2. The second-order valence-corrected chi connectivity index (χ2v) is 14.9. The molecule has 0 rings (SSSR count). The van der Waals surface area contributed by atoms with Crippen molar-refractivity contribution in [2.24, 2.45) is 0 Å². The van der Waals surface area contributed by atoms with Crippen LogP contribution < -0.4 is 0 Å². The zero-order valence-electron chi connectivity index (χ0n) is 39.5. The van der Waals surface area contributed by atoms with E-state index in [0.29, 0.717) is 19.3 Å². The van der Waals surface area contributed by atoms with E-state index >= 15 is 0 Å². The summed E-state index contributed by atoms with van der Waals surface area (Å²) >= 11 is 0. The van der Waals surface area contributed by atoms with Gasteiger partial charge in [-0.1, -0.05) is 179 Å². The molecule has 0 saturated carbocycles. The summed E-state index contributed by atoms with van der Waals surface area (Å²) in [4.78, 5) is 37.8. The SMILES string of the molecule is CC/C=C\C/C=C\C/C=C\C/C=C\C/C=C\CCCC(=O)OCC(COC(=O)CCCC/C=C\C/C=C\C/C=C\CC)OC(=O)CC/C=C\C/C=C\C/C=C\C/C=C\C/C=C\CC. The van der Waals surface area contributed by atoms with Crippen LogP contribution in [0.25, 0.3) is 0 Å². The minimum absolute atomic E-state index is 0.154. The summed E-state index contributed by atoms with van der Waals surface area (Å²) in [5.74, 6) is -1.15. The van der Waals surface area contributed by atoms with E-state index in [9.17, 15) is 14.4 Å². The third-order valence-corrected chi connectivity index (χ3v) is 9.02. The quantitative estimate of drug-likeness (QED) is 0.0264. The third-order valence-electron chi connectivity index (χ3n) is 9.02. The Bertz CT molecular complexity index is 1510. The van der Waals surface area contributed by atoms with Gasteiger partial charge in [0, 0.05) is 19.3 Å². The van der Waals surface area contributed by atoms with Gasteiger partial charge in [0.25, 0.3) is 0 Å². The molecule has 63 heavy (non-hydrogen) atoms. The van der Waals surface area contributed by atoms with Crippen molar-refractivity contribution in [2.45, 2.75) is 168 Å². The van der Waals surface area contributed by atoms with Crippen molar-refractivity contribution in [3.63, 3.8) is 0 Å². The Labute approximate surface area is 384 Å². The number of ether oxygens (including phenoxy) is 3. The van der Waals surface area contributed by atoms with Gasteiger partial charge in [-0.3, -0.25) is 14.4 Å². The maximum Gasteiger partial charge on any atom is 0.306 e. The summed E-state index contributed by atoms with van der Waals surface area (Å²) in [5.41, 5.74) is 0. The second kappa shape index (κ2) is 49.7. The van der Waals surface area contributed by atoms with Gasteiger partial charge in [0.15, 0.2) is 6.10 Å². The monoisotopic (exact) mass is 865 g/mol. The first-order valence-electron chi connectivity index (χ1n) is 24.0. The van der Waals surface area contributed by atoms with Gasteiger partial charge in [-0.15, -0.1) is 0 Å². The summed E-state index contributed by atoms with van der Waals surface area (Å²) in [6, 6.07) is 0. The summed E-state index contributed by atoms with van der Waals surface area (Å²) in [6.45, 7) is 6.10. The summed E-state index contributed by atoms with van der Waals surface area (Å²) in [6.07, 6.45) is 72.5. The molecular weight excluding hydrogens is 781 g/mol. The molecule has 0 aromatic rings. The number of carbonyl (C=O) groups excluding carboxylic acids is 3. The highest BCUT2D eigenvalue weighted by molar-refractivity contribution is 5.71. The van der Waals surface area contributed by atoms with Gasteiger partial charge in [-0.2, -0.15) is 0 Å². The maximum absolute atomic E-state index is 12.7. The minimum Gasteiger partial charge on any atom is -0.462 e. The van der Waals surface area contributed by atoms with E-state index < -0.39 is 12.1 Å². The molecule has 0 aromatic carbocycles. The van der Waals surface area contributed by atoms with E-state index in [1.165, 1.54) is 0 Å². The molecule has 6 heteroatoms. The smallest absolute Gasteiger partial charge is 0.306 e. The average molecular weight is 865 g/mol. The number of hydrogen-bond donors (Lipinski definition) is 0. The second-order valence-electron chi connectivity index (χ2n) is 14.9. The van der Waals surface area contributed by atoms with Crippen LogP contribution in [0.5, 0.6) is 0 Å². The van der Waals surface area contributed by atoms with Gasteiger partial charge in [0.1, 0.15) is 13.2 Å². The molecule has 0 amide bonds. The topological polar surface area (TPSA) is 78.9 Å². The molecule has 0 heterocycles. The molecule has 0 radical (unpaired) electrons. The Balaban J connectivity index is 4.68. The fraction of sp³-hybridized carbons (Fsp3) is 0.491. The highest BCUT2D eigenvalue weighted by Crippen LogP contribution is 2.08. The summed E-state index contributed by atoms with van der Waals surface area (Å²) in [5, 5.41) is 0. The van der Waals surface area contributed by atoms with Crippen LogP contribution in [-0.4, -0.2) is 37.2 Å². The fourth-order valence-electron chi connectivity index (χ4n) is 5.54. The Hall–Kier alpha value is -4.97. The third kappa shape index (κ3) is 47.9. The standard InChI is InChI=1S/C57H84O6/c1-4-7-10-13-16-19-22-25-27-29-31-32-35-38-41-44-47-50-56(59)62-53-54(52-61-55(58)49-46-43-40-37-34-24-21-18-15-12-9-6-3)63-57(60)51-48-45-42-39-36-33-30-28-26-23-20-17-14-11-8-5-2/h7-12,16-21,25-28,31-34,36-38,41-42,45,54H,4-6,13-15,22-24,29-30,35,39-40,43-44,46-53H2,1-3H3/b10-7-,11-8-,12-9-,19-16-,20-17-,21-18-,27-25-,28-26-,32-31-,36-33-,37-34-,41-38-,45-42-. The minimum atomic E-state index is -0.863. The van der Waals surface area contributed by atoms with Crippen molar-refractivity contribution in [2.75, 3.05) is 13.2 Å². The highest BCUT2D eigenvalue weighted by Gasteiger charge is 2.19. The predicted molar refractivity (Wildman–Crippen MR) is 269 cm³/mol. The number of carbonyl (C=O) groups is 3. The summed E-state index contributed by atoms with van der Waals surface area (Å²) in [7, 11) is 0. The van der Waals surface area contributed by atoms with Gasteiger partial charge in [0.2, 0.25) is 0 Å². The van der Waals surface area contributed by atoms with Gasteiger partial charge in [-0.05, 0) is 122 Å². The lowest BCUT2D eigenvalue weighted by molar-refractivity contribution is -0.166. The van der Waals surface area contributed by atoms with Gasteiger partial charge < -0.3 is 14.2 Å². The molecule has 0 fully saturated rings. The van der Waals surface area contributed by atoms with Crippen LogP contribution in [0, 0.1) is 0 Å². The average Bonchev–Trinajstić information content (AvgIpc) is 3.28. The number of allylic oxidation sites excluding steroid dienone is 26. The van der Waals surface area contributed by atoms with Crippen LogP contribution >= 0.6 is 0 Å². The van der Waals surface area contributed by atoms with Crippen LogP contribution in [-0.2, 0) is 28.6 Å². The number of esters is 3. The van der Waals surface area contributed by atoms with Gasteiger partial charge in [0.05, 0.1) is 0 Å². The largest absolute Gasteiger partial charge is 0.462 e.